The number of nitrogens with one attached hydrogen (secondary N) is 1. The lowest BCUT2D eigenvalue weighted by molar-refractivity contribution is -0.122. The van der Waals surface area contributed by atoms with E-state index in [1.807, 2.05) is 0 Å². The van der Waals surface area contributed by atoms with Crippen LogP contribution in [0.4, 0.5) is 0 Å². The first-order chi connectivity index (χ1) is 10.6. The second kappa shape index (κ2) is 6.02. The molecule has 2 aromatic carbocycles. The molecule has 0 bridgehead atoms. The normalized spacial score (nSPS) is 20.0. The summed E-state index contributed by atoms with van der Waals surface area (Å²) in [4.78, 5) is 12.0. The van der Waals surface area contributed by atoms with E-state index in [2.05, 4.69) is 41.7 Å². The minimum Gasteiger partial charge on any atom is -0.507 e. The Bertz CT molecular complexity index is 707. The number of phenolic OH excluding ortho intramolecular Hbond substituents is 1. The number of rotatable bonds is 4. The van der Waals surface area contributed by atoms with Gasteiger partial charge in [-0.1, -0.05) is 42.0 Å². The molecule has 1 aliphatic carbocycles. The molecule has 4 heteroatoms. The summed E-state index contributed by atoms with van der Waals surface area (Å²) in [5.74, 6) is 0.354. The number of hydrogen-bond acceptors (Lipinski definition) is 3. The molecule has 1 saturated carbocycles. The zero-order valence-corrected chi connectivity index (χ0v) is 12.4. The van der Waals surface area contributed by atoms with Gasteiger partial charge in [0, 0.05) is 11.5 Å². The molecular formula is C18H18N2O2. The van der Waals surface area contributed by atoms with Crippen LogP contribution in [-0.2, 0) is 4.79 Å². The summed E-state index contributed by atoms with van der Waals surface area (Å²) in [6, 6.07) is 15.2. The average Bonchev–Trinajstić information content (AvgIpc) is 3.30. The largest absolute Gasteiger partial charge is 0.507 e. The molecule has 0 spiro atoms. The second-order valence-corrected chi connectivity index (χ2v) is 5.65. The summed E-state index contributed by atoms with van der Waals surface area (Å²) in [6.45, 7) is 2.05. The van der Waals surface area contributed by atoms with E-state index in [0.717, 1.165) is 6.42 Å². The van der Waals surface area contributed by atoms with E-state index < -0.39 is 0 Å². The first kappa shape index (κ1) is 14.3. The molecule has 1 aliphatic rings. The van der Waals surface area contributed by atoms with Crippen LogP contribution in [0, 0.1) is 12.8 Å². The van der Waals surface area contributed by atoms with E-state index in [-0.39, 0.29) is 17.6 Å². The van der Waals surface area contributed by atoms with Gasteiger partial charge < -0.3 is 5.11 Å². The van der Waals surface area contributed by atoms with Crippen molar-refractivity contribution >= 4 is 12.1 Å². The molecule has 0 saturated heterocycles. The molecular weight excluding hydrogens is 276 g/mol. The van der Waals surface area contributed by atoms with Gasteiger partial charge in [-0.3, -0.25) is 4.79 Å². The number of carbonyl (C=O) groups is 1. The zero-order chi connectivity index (χ0) is 15.5. The highest BCUT2D eigenvalue weighted by Gasteiger charge is 2.43. The van der Waals surface area contributed by atoms with Gasteiger partial charge in [-0.2, -0.15) is 5.10 Å². The van der Waals surface area contributed by atoms with Gasteiger partial charge in [0.05, 0.1) is 6.21 Å². The highest BCUT2D eigenvalue weighted by molar-refractivity contribution is 5.86. The quantitative estimate of drug-likeness (QED) is 0.672. The van der Waals surface area contributed by atoms with Crippen molar-refractivity contribution in [1.29, 1.82) is 0 Å². The SMILES string of the molecule is Cc1ccc(C2CC2C(=O)N/N=C/c2ccccc2O)cc1. The Hall–Kier alpha value is -2.62. The smallest absolute Gasteiger partial charge is 0.243 e. The highest BCUT2D eigenvalue weighted by atomic mass is 16.3. The zero-order valence-electron chi connectivity index (χ0n) is 12.4. The van der Waals surface area contributed by atoms with Gasteiger partial charge in [-0.05, 0) is 37.0 Å². The van der Waals surface area contributed by atoms with Crippen LogP contribution in [0.5, 0.6) is 5.75 Å². The Morgan fingerprint density at radius 1 is 1.23 bits per heavy atom. The van der Waals surface area contributed by atoms with Crippen molar-refractivity contribution < 1.29 is 9.90 Å². The number of phenols is 1. The predicted molar refractivity (Wildman–Crippen MR) is 85.9 cm³/mol. The number of aryl methyl sites for hydroxylation is 1. The number of hydrogen-bond donors (Lipinski definition) is 2. The van der Waals surface area contributed by atoms with Crippen molar-refractivity contribution in [1.82, 2.24) is 5.43 Å². The van der Waals surface area contributed by atoms with Crippen LogP contribution in [0.25, 0.3) is 0 Å². The minimum absolute atomic E-state index is 0.00998. The lowest BCUT2D eigenvalue weighted by atomic mass is 10.1. The minimum atomic E-state index is -0.0720. The molecule has 0 heterocycles. The van der Waals surface area contributed by atoms with E-state index in [9.17, 15) is 9.90 Å². The molecule has 2 unspecified atom stereocenters. The van der Waals surface area contributed by atoms with E-state index in [4.69, 9.17) is 0 Å². The fourth-order valence-electron chi connectivity index (χ4n) is 2.51. The van der Waals surface area contributed by atoms with Gasteiger partial charge >= 0.3 is 0 Å². The molecule has 2 aromatic rings. The Morgan fingerprint density at radius 2 is 1.95 bits per heavy atom. The average molecular weight is 294 g/mol. The lowest BCUT2D eigenvalue weighted by Crippen LogP contribution is -2.20. The third kappa shape index (κ3) is 3.17. The number of amides is 1. The van der Waals surface area contributed by atoms with Crippen molar-refractivity contribution in [2.75, 3.05) is 0 Å². The monoisotopic (exact) mass is 294 g/mol. The van der Waals surface area contributed by atoms with Gasteiger partial charge in [0.1, 0.15) is 5.75 Å². The Morgan fingerprint density at radius 3 is 2.68 bits per heavy atom. The first-order valence-electron chi connectivity index (χ1n) is 7.32. The van der Waals surface area contributed by atoms with Gasteiger partial charge in [0.2, 0.25) is 5.91 Å². The molecule has 2 N–H and O–H groups in total. The van der Waals surface area contributed by atoms with Crippen molar-refractivity contribution in [2.45, 2.75) is 19.3 Å². The summed E-state index contributed by atoms with van der Waals surface area (Å²) in [5, 5.41) is 13.5. The van der Waals surface area contributed by atoms with E-state index >= 15 is 0 Å². The maximum absolute atomic E-state index is 12.0. The molecule has 0 aliphatic heterocycles. The van der Waals surface area contributed by atoms with Gasteiger partial charge in [-0.15, -0.1) is 0 Å². The fourth-order valence-corrected chi connectivity index (χ4v) is 2.51. The van der Waals surface area contributed by atoms with Crippen LogP contribution in [0.2, 0.25) is 0 Å². The van der Waals surface area contributed by atoms with Crippen LogP contribution in [0.3, 0.4) is 0 Å². The van der Waals surface area contributed by atoms with Crippen molar-refractivity contribution in [3.8, 4) is 5.75 Å². The summed E-state index contributed by atoms with van der Waals surface area (Å²) < 4.78 is 0. The summed E-state index contributed by atoms with van der Waals surface area (Å²) in [5.41, 5.74) is 5.55. The molecule has 0 radical (unpaired) electrons. The number of nitrogens with zero attached hydrogens (tertiary/aromatic N) is 1. The number of para-hydroxylation sites is 1. The van der Waals surface area contributed by atoms with E-state index in [1.54, 1.807) is 24.3 Å². The summed E-state index contributed by atoms with van der Waals surface area (Å²) in [7, 11) is 0. The summed E-state index contributed by atoms with van der Waals surface area (Å²) >= 11 is 0. The van der Waals surface area contributed by atoms with Gasteiger partial charge in [0.25, 0.3) is 0 Å². The van der Waals surface area contributed by atoms with Crippen molar-refractivity contribution in [3.63, 3.8) is 0 Å². The molecule has 2 atom stereocenters. The molecule has 1 fully saturated rings. The fraction of sp³-hybridized carbons (Fsp3) is 0.222. The molecule has 4 nitrogen and oxygen atoms in total. The third-order valence-corrected chi connectivity index (χ3v) is 3.95. The predicted octanol–water partition coefficient (Wildman–Crippen LogP) is 2.95. The second-order valence-electron chi connectivity index (χ2n) is 5.65. The molecule has 0 aromatic heterocycles. The van der Waals surface area contributed by atoms with Crippen LogP contribution in [0.1, 0.15) is 29.0 Å². The topological polar surface area (TPSA) is 61.7 Å². The first-order valence-corrected chi connectivity index (χ1v) is 7.32. The maximum Gasteiger partial charge on any atom is 0.243 e. The van der Waals surface area contributed by atoms with Gasteiger partial charge in [-0.25, -0.2) is 5.43 Å². The summed E-state index contributed by atoms with van der Waals surface area (Å²) in [6.07, 6.45) is 2.32. The standard InChI is InChI=1S/C18H18N2O2/c1-12-6-8-13(9-7-12)15-10-16(15)18(22)20-19-11-14-4-2-3-5-17(14)21/h2-9,11,15-16,21H,10H2,1H3,(H,20,22)/b19-11+. The Labute approximate surface area is 129 Å². The van der Waals surface area contributed by atoms with E-state index in [1.165, 1.54) is 17.3 Å². The molecule has 22 heavy (non-hydrogen) atoms. The lowest BCUT2D eigenvalue weighted by Gasteiger charge is -2.01. The number of carbonyl (C=O) groups excluding carboxylic acids is 1. The maximum atomic E-state index is 12.0. The van der Waals surface area contributed by atoms with Gasteiger partial charge in [0.15, 0.2) is 0 Å². The number of hydrazone groups is 1. The van der Waals surface area contributed by atoms with Crippen LogP contribution in [0.15, 0.2) is 53.6 Å². The highest BCUT2D eigenvalue weighted by Crippen LogP contribution is 2.47. The number of benzene rings is 2. The Balaban J connectivity index is 1.56. The van der Waals surface area contributed by atoms with E-state index in [0.29, 0.717) is 11.5 Å². The Kier molecular flexibility index (Phi) is 3.92. The number of aromatic hydroxyl groups is 1. The molecule has 112 valence electrons. The van der Waals surface area contributed by atoms with Crippen LogP contribution in [-0.4, -0.2) is 17.2 Å². The van der Waals surface area contributed by atoms with Crippen molar-refractivity contribution in [2.24, 2.45) is 11.0 Å². The van der Waals surface area contributed by atoms with Crippen LogP contribution < -0.4 is 5.43 Å². The third-order valence-electron chi connectivity index (χ3n) is 3.95. The van der Waals surface area contributed by atoms with Crippen LogP contribution >= 0.6 is 0 Å². The molecule has 3 rings (SSSR count). The molecule has 1 amide bonds. The van der Waals surface area contributed by atoms with Crippen molar-refractivity contribution in [3.05, 3.63) is 65.2 Å².